The van der Waals surface area contributed by atoms with Crippen LogP contribution in [0.2, 0.25) is 0 Å². The highest BCUT2D eigenvalue weighted by atomic mass is 32.2. The van der Waals surface area contributed by atoms with Crippen LogP contribution in [0, 0.1) is 11.6 Å². The lowest BCUT2D eigenvalue weighted by atomic mass is 9.97. The summed E-state index contributed by atoms with van der Waals surface area (Å²) in [4.78, 5) is 31.4. The number of halogens is 2. The minimum absolute atomic E-state index is 0.119. The van der Waals surface area contributed by atoms with Gasteiger partial charge in [-0.15, -0.1) is 5.10 Å². The Hall–Kier alpha value is -4.05. The van der Waals surface area contributed by atoms with E-state index in [9.17, 15) is 18.4 Å². The Balaban J connectivity index is 1.53. The normalized spacial score (nSPS) is 20.1. The second-order valence-electron chi connectivity index (χ2n) is 7.84. The highest BCUT2D eigenvalue weighted by Gasteiger charge is 2.56. The third kappa shape index (κ3) is 2.95. The number of rotatable bonds is 2. The summed E-state index contributed by atoms with van der Waals surface area (Å²) in [6.07, 6.45) is 0. The first-order valence-electron chi connectivity index (χ1n) is 10.3. The molecule has 0 fully saturated rings. The van der Waals surface area contributed by atoms with Crippen LogP contribution in [-0.2, 0) is 21.0 Å². The molecule has 0 aliphatic carbocycles. The number of hydrazone groups is 1. The van der Waals surface area contributed by atoms with Gasteiger partial charge in [0.25, 0.3) is 17.5 Å². The van der Waals surface area contributed by atoms with Crippen molar-refractivity contribution in [2.75, 3.05) is 5.32 Å². The maximum atomic E-state index is 14.3. The molecule has 0 saturated carbocycles. The molecule has 1 unspecified atom stereocenters. The molecule has 10 heteroatoms. The first-order valence-corrected chi connectivity index (χ1v) is 11.3. The molecule has 0 radical (unpaired) electrons. The molecule has 2 amide bonds. The molecule has 3 heterocycles. The van der Waals surface area contributed by atoms with Crippen molar-refractivity contribution in [2.45, 2.75) is 11.4 Å². The number of para-hydroxylation sites is 1. The lowest BCUT2D eigenvalue weighted by Gasteiger charge is -2.39. The lowest BCUT2D eigenvalue weighted by molar-refractivity contribution is -0.127. The van der Waals surface area contributed by atoms with Gasteiger partial charge in [0.05, 0.1) is 5.36 Å². The van der Waals surface area contributed by atoms with Gasteiger partial charge in [0, 0.05) is 22.2 Å². The fourth-order valence-corrected chi connectivity index (χ4v) is 5.11. The molecule has 0 bridgehead atoms. The smallest absolute Gasteiger partial charge is 0.279 e. The van der Waals surface area contributed by atoms with Crippen LogP contribution in [0.5, 0.6) is 0 Å². The highest BCUT2D eigenvalue weighted by Crippen LogP contribution is 2.45. The molecule has 0 aromatic heterocycles. The lowest BCUT2D eigenvalue weighted by Crippen LogP contribution is -2.59. The van der Waals surface area contributed by atoms with Gasteiger partial charge in [-0.25, -0.2) is 18.8 Å². The minimum Gasteiger partial charge on any atom is -0.321 e. The predicted octanol–water partition coefficient (Wildman–Crippen LogP) is 2.15. The van der Waals surface area contributed by atoms with Gasteiger partial charge in [-0.05, 0) is 35.9 Å². The molecule has 168 valence electrons. The van der Waals surface area contributed by atoms with Crippen LogP contribution in [0.25, 0.3) is 5.70 Å². The highest BCUT2D eigenvalue weighted by molar-refractivity contribution is 8.13. The summed E-state index contributed by atoms with van der Waals surface area (Å²) < 4.78 is 28.4. The number of carbonyl (C=O) groups excluding carboxylic acids is 2. The molecular weight excluding hydrogens is 460 g/mol. The number of fused-ring (bicyclic) bond motifs is 5. The number of carbonyl (C=O) groups is 2. The fraction of sp³-hybridized carbons (Fsp3) is 0.0833. The van der Waals surface area contributed by atoms with Crippen molar-refractivity contribution in [1.29, 1.82) is 0 Å². The maximum absolute atomic E-state index is 14.3. The molecule has 1 spiro atoms. The fourth-order valence-electron chi connectivity index (χ4n) is 4.28. The number of benzene rings is 3. The quantitative estimate of drug-likeness (QED) is 0.595. The third-order valence-corrected chi connectivity index (χ3v) is 6.74. The van der Waals surface area contributed by atoms with Gasteiger partial charge in [0.15, 0.2) is 5.17 Å². The topological polar surface area (TPSA) is 86.2 Å². The Morgan fingerprint density at radius 2 is 1.76 bits per heavy atom. The molecule has 3 aromatic rings. The van der Waals surface area contributed by atoms with Crippen molar-refractivity contribution < 1.29 is 18.4 Å². The summed E-state index contributed by atoms with van der Waals surface area (Å²) in [5.74, 6) is -1.78. The summed E-state index contributed by atoms with van der Waals surface area (Å²) in [5, 5.41) is 12.3. The molecule has 0 saturated heterocycles. The number of nitrogens with zero attached hydrogens (tertiary/aromatic N) is 3. The largest absolute Gasteiger partial charge is 0.321 e. The van der Waals surface area contributed by atoms with E-state index in [-0.39, 0.29) is 28.0 Å². The van der Waals surface area contributed by atoms with E-state index < -0.39 is 23.3 Å². The van der Waals surface area contributed by atoms with Crippen molar-refractivity contribution in [3.63, 3.8) is 0 Å². The average Bonchev–Trinajstić information content (AvgIpc) is 3.10. The summed E-state index contributed by atoms with van der Waals surface area (Å²) in [5.41, 5.74) is -0.610. The number of thioether (sulfide) groups is 1. The van der Waals surface area contributed by atoms with E-state index in [1.165, 1.54) is 29.3 Å². The maximum Gasteiger partial charge on any atom is 0.279 e. The molecule has 1 atom stereocenters. The van der Waals surface area contributed by atoms with Crippen molar-refractivity contribution in [1.82, 2.24) is 10.3 Å². The van der Waals surface area contributed by atoms with E-state index >= 15 is 0 Å². The molecule has 3 aliphatic heterocycles. The molecule has 2 N–H and O–H groups in total. The second-order valence-corrected chi connectivity index (χ2v) is 8.81. The number of amides is 2. The van der Waals surface area contributed by atoms with Crippen LogP contribution in [0.15, 0.2) is 76.8 Å². The van der Waals surface area contributed by atoms with Gasteiger partial charge in [0.2, 0.25) is 0 Å². The van der Waals surface area contributed by atoms with Crippen LogP contribution < -0.4 is 21.2 Å². The zero-order valence-corrected chi connectivity index (χ0v) is 18.2. The van der Waals surface area contributed by atoms with E-state index in [0.717, 1.165) is 11.8 Å². The Morgan fingerprint density at radius 3 is 2.62 bits per heavy atom. The van der Waals surface area contributed by atoms with Gasteiger partial charge < -0.3 is 5.32 Å². The van der Waals surface area contributed by atoms with E-state index in [1.807, 2.05) is 0 Å². The minimum atomic E-state index is -1.80. The Kier molecular flexibility index (Phi) is 4.53. The van der Waals surface area contributed by atoms with Crippen molar-refractivity contribution in [3.8, 4) is 0 Å². The van der Waals surface area contributed by atoms with Crippen molar-refractivity contribution in [2.24, 2.45) is 10.1 Å². The number of anilines is 1. The third-order valence-electron chi connectivity index (χ3n) is 5.83. The summed E-state index contributed by atoms with van der Waals surface area (Å²) in [6.45, 7) is 0. The van der Waals surface area contributed by atoms with Crippen LogP contribution in [0.4, 0.5) is 14.5 Å². The van der Waals surface area contributed by atoms with Crippen LogP contribution in [0.3, 0.4) is 0 Å². The average molecular weight is 475 g/mol. The zero-order valence-electron chi connectivity index (χ0n) is 17.4. The predicted molar refractivity (Wildman–Crippen MR) is 122 cm³/mol. The van der Waals surface area contributed by atoms with Crippen LogP contribution >= 0.6 is 11.8 Å². The van der Waals surface area contributed by atoms with E-state index in [1.54, 1.807) is 42.5 Å². The van der Waals surface area contributed by atoms with Gasteiger partial charge in [-0.2, -0.15) is 0 Å². The standard InChI is InChI=1S/C24H15F2N5O2S/c25-14-9-10-19-16(11-14)24(22(33)27-19)29-18-8-4-2-6-15(18)20-21(32)28-23(30-31(20)24)34-12-13-5-1-3-7-17(13)26/h1-11H,12H2,(H,27,33)(H,28,30,32). The molecular formula is C24H15F2N5O2S. The van der Waals surface area contributed by atoms with Crippen molar-refractivity contribution >= 4 is 40.1 Å². The zero-order chi connectivity index (χ0) is 23.4. The first-order chi connectivity index (χ1) is 16.5. The van der Waals surface area contributed by atoms with Gasteiger partial charge in [-0.1, -0.05) is 48.2 Å². The van der Waals surface area contributed by atoms with Gasteiger partial charge in [0.1, 0.15) is 17.3 Å². The van der Waals surface area contributed by atoms with E-state index in [2.05, 4.69) is 15.7 Å². The van der Waals surface area contributed by atoms with Gasteiger partial charge in [-0.3, -0.25) is 14.9 Å². The van der Waals surface area contributed by atoms with E-state index in [0.29, 0.717) is 21.8 Å². The monoisotopic (exact) mass is 475 g/mol. The Morgan fingerprint density at radius 1 is 0.971 bits per heavy atom. The summed E-state index contributed by atoms with van der Waals surface area (Å²) >= 11 is 1.11. The molecule has 34 heavy (non-hydrogen) atoms. The summed E-state index contributed by atoms with van der Waals surface area (Å²) in [7, 11) is 0. The number of hydrogen-bond donors (Lipinski definition) is 2. The SMILES string of the molecule is O=C1NC(SCc2ccccc2F)=NN2C1=c1ccccc1=NC21C(=O)Nc2ccc(F)cc21. The Labute approximate surface area is 195 Å². The van der Waals surface area contributed by atoms with E-state index in [4.69, 9.17) is 4.99 Å². The summed E-state index contributed by atoms with van der Waals surface area (Å²) in [6, 6.07) is 17.1. The number of amidine groups is 1. The Bertz CT molecular complexity index is 1560. The van der Waals surface area contributed by atoms with Gasteiger partial charge >= 0.3 is 0 Å². The number of hydrogen-bond acceptors (Lipinski definition) is 6. The second kappa shape index (κ2) is 7.49. The van der Waals surface area contributed by atoms with Crippen molar-refractivity contribution in [3.05, 3.63) is 100 Å². The molecule has 3 aliphatic rings. The number of nitrogens with one attached hydrogen (secondary N) is 2. The molecule has 6 rings (SSSR count). The molecule has 3 aromatic carbocycles. The van der Waals surface area contributed by atoms with Crippen LogP contribution in [-0.4, -0.2) is 22.0 Å². The molecule has 7 nitrogen and oxygen atoms in total. The first kappa shape index (κ1) is 20.5. The van der Waals surface area contributed by atoms with Crippen LogP contribution in [0.1, 0.15) is 11.1 Å².